The van der Waals surface area contributed by atoms with Crippen molar-refractivity contribution in [3.05, 3.63) is 105 Å². The van der Waals surface area contributed by atoms with Crippen molar-refractivity contribution < 1.29 is 14.6 Å². The van der Waals surface area contributed by atoms with Crippen LogP contribution in [0.5, 0.6) is 5.88 Å². The second-order valence-corrected chi connectivity index (χ2v) is 12.8. The molecule has 1 atom stereocenters. The SMILES string of the molecule is O=C1CC[C@@H](CNCc2cnc3cc(-c4cccc(-c5cccc(-c6ccc7c(n6)OCCN(CCO)C7)c5Cl)c4Cl)ccn3c2=O)N1. The molecule has 3 N–H and O–H groups in total. The standard InChI is InChI=1S/C36H34Cl2N6O4/c37-33-26(22-11-12-44-31(17-22)40-19-24(36(44)47)18-39-20-25-8-10-32(46)41-25)3-1-4-27(33)28-5-2-6-29(34(28)38)30-9-7-23-21-43(13-15-45)14-16-48-35(23)42-30/h1-7,9,11-12,17,19,25,39,45H,8,10,13-16,18,20-21H2,(H,41,46)/t25-/m0/s1. The molecule has 2 aromatic carbocycles. The molecular formula is C36H34Cl2N6O4. The van der Waals surface area contributed by atoms with Gasteiger partial charge in [-0.25, -0.2) is 9.97 Å². The Morgan fingerprint density at radius 2 is 1.77 bits per heavy atom. The number of carbonyl (C=O) groups is 1. The van der Waals surface area contributed by atoms with Crippen molar-refractivity contribution in [2.75, 3.05) is 32.8 Å². The summed E-state index contributed by atoms with van der Waals surface area (Å²) < 4.78 is 7.49. The van der Waals surface area contributed by atoms with Gasteiger partial charge in [0.1, 0.15) is 12.3 Å². The van der Waals surface area contributed by atoms with Gasteiger partial charge in [0.15, 0.2) is 0 Å². The van der Waals surface area contributed by atoms with E-state index in [0.717, 1.165) is 39.8 Å². The van der Waals surface area contributed by atoms with Gasteiger partial charge in [0.25, 0.3) is 5.56 Å². The number of hydrogen-bond donors (Lipinski definition) is 3. The first-order valence-corrected chi connectivity index (χ1v) is 16.7. The number of aliphatic hydroxyl groups is 1. The van der Waals surface area contributed by atoms with E-state index in [1.165, 1.54) is 4.40 Å². The molecular weight excluding hydrogens is 651 g/mol. The van der Waals surface area contributed by atoms with Gasteiger partial charge in [0.05, 0.1) is 22.3 Å². The second-order valence-electron chi connectivity index (χ2n) is 12.0. The van der Waals surface area contributed by atoms with Gasteiger partial charge in [-0.3, -0.25) is 18.9 Å². The highest BCUT2D eigenvalue weighted by Gasteiger charge is 2.21. The lowest BCUT2D eigenvalue weighted by Gasteiger charge is -2.17. The number of fused-ring (bicyclic) bond motifs is 2. The Labute approximate surface area is 287 Å². The highest BCUT2D eigenvalue weighted by molar-refractivity contribution is 6.39. The summed E-state index contributed by atoms with van der Waals surface area (Å²) in [5.74, 6) is 0.634. The molecule has 1 fully saturated rings. The van der Waals surface area contributed by atoms with Crippen LogP contribution in [-0.2, 0) is 17.9 Å². The molecule has 1 saturated heterocycles. The summed E-state index contributed by atoms with van der Waals surface area (Å²) in [6, 6.07) is 19.3. The Morgan fingerprint density at radius 1 is 1.00 bits per heavy atom. The number of aliphatic hydroxyl groups excluding tert-OH is 1. The minimum Gasteiger partial charge on any atom is -0.476 e. The molecule has 5 heterocycles. The Morgan fingerprint density at radius 3 is 2.54 bits per heavy atom. The second kappa shape index (κ2) is 14.0. The molecule has 3 aromatic heterocycles. The lowest BCUT2D eigenvalue weighted by Crippen LogP contribution is -2.36. The first-order valence-electron chi connectivity index (χ1n) is 15.9. The minimum absolute atomic E-state index is 0.0637. The van der Waals surface area contributed by atoms with E-state index in [9.17, 15) is 14.7 Å². The van der Waals surface area contributed by atoms with Gasteiger partial charge in [-0.05, 0) is 30.2 Å². The summed E-state index contributed by atoms with van der Waals surface area (Å²) >= 11 is 14.2. The van der Waals surface area contributed by atoms with Crippen molar-refractivity contribution >= 4 is 34.8 Å². The highest BCUT2D eigenvalue weighted by Crippen LogP contribution is 2.42. The Bertz CT molecular complexity index is 2070. The summed E-state index contributed by atoms with van der Waals surface area (Å²) in [5, 5.41) is 16.6. The number of benzene rings is 2. The molecule has 0 radical (unpaired) electrons. The zero-order chi connectivity index (χ0) is 33.2. The molecule has 48 heavy (non-hydrogen) atoms. The fourth-order valence-electron chi connectivity index (χ4n) is 6.30. The number of ether oxygens (including phenoxy) is 1. The molecule has 246 valence electrons. The molecule has 2 aliphatic heterocycles. The fraction of sp³-hybridized carbons (Fsp3) is 0.278. The lowest BCUT2D eigenvalue weighted by atomic mass is 9.97. The number of nitrogens with one attached hydrogen (secondary N) is 2. The number of rotatable bonds is 9. The Balaban J connectivity index is 1.15. The molecule has 10 nitrogen and oxygen atoms in total. The van der Waals surface area contributed by atoms with Crippen LogP contribution in [0.4, 0.5) is 0 Å². The molecule has 0 unspecified atom stereocenters. The summed E-state index contributed by atoms with van der Waals surface area (Å²) in [6.07, 6.45) is 4.64. The van der Waals surface area contributed by atoms with Crippen LogP contribution in [0.2, 0.25) is 10.0 Å². The summed E-state index contributed by atoms with van der Waals surface area (Å²) in [5.41, 5.74) is 6.40. The van der Waals surface area contributed by atoms with Crippen molar-refractivity contribution in [1.29, 1.82) is 0 Å². The van der Waals surface area contributed by atoms with Gasteiger partial charge in [-0.1, -0.05) is 65.7 Å². The lowest BCUT2D eigenvalue weighted by molar-refractivity contribution is -0.119. The van der Waals surface area contributed by atoms with Crippen LogP contribution in [0.1, 0.15) is 24.0 Å². The molecule has 0 bridgehead atoms. The van der Waals surface area contributed by atoms with E-state index in [4.69, 9.17) is 32.9 Å². The molecule has 2 aliphatic rings. The number of aromatic nitrogens is 3. The van der Waals surface area contributed by atoms with Crippen LogP contribution in [-0.4, -0.2) is 69.2 Å². The topological polar surface area (TPSA) is 121 Å². The number of nitrogens with zero attached hydrogens (tertiary/aromatic N) is 4. The Kier molecular flexibility index (Phi) is 9.43. The maximum atomic E-state index is 13.2. The monoisotopic (exact) mass is 684 g/mol. The predicted octanol–water partition coefficient (Wildman–Crippen LogP) is 4.95. The number of pyridine rings is 2. The van der Waals surface area contributed by atoms with Gasteiger partial charge >= 0.3 is 0 Å². The van der Waals surface area contributed by atoms with Gasteiger partial charge in [-0.2, -0.15) is 0 Å². The molecule has 7 rings (SSSR count). The van der Waals surface area contributed by atoms with Gasteiger partial charge in [-0.15, -0.1) is 0 Å². The third-order valence-corrected chi connectivity index (χ3v) is 9.66. The number of β-amino-alcohol motifs (C(OH)–C–C–N with tert-alkyl or cyclic N) is 1. The first kappa shape index (κ1) is 32.2. The molecule has 12 heteroatoms. The van der Waals surface area contributed by atoms with E-state index in [1.807, 2.05) is 60.7 Å². The number of carbonyl (C=O) groups excluding carboxylic acids is 1. The van der Waals surface area contributed by atoms with Gasteiger partial charge < -0.3 is 20.5 Å². The van der Waals surface area contributed by atoms with Crippen LogP contribution in [0.3, 0.4) is 0 Å². The third kappa shape index (κ3) is 6.54. The molecule has 1 amide bonds. The zero-order valence-electron chi connectivity index (χ0n) is 26.1. The van der Waals surface area contributed by atoms with Crippen LogP contribution < -0.4 is 20.9 Å². The third-order valence-electron chi connectivity index (χ3n) is 8.84. The van der Waals surface area contributed by atoms with E-state index in [2.05, 4.69) is 20.5 Å². The summed E-state index contributed by atoms with van der Waals surface area (Å²) in [4.78, 5) is 36.2. The fourth-order valence-corrected chi connectivity index (χ4v) is 6.96. The number of amides is 1. The minimum atomic E-state index is -0.155. The van der Waals surface area contributed by atoms with Crippen molar-refractivity contribution in [2.24, 2.45) is 0 Å². The molecule has 0 saturated carbocycles. The summed E-state index contributed by atoms with van der Waals surface area (Å²) in [7, 11) is 0. The maximum Gasteiger partial charge on any atom is 0.262 e. The average Bonchev–Trinajstić information content (AvgIpc) is 3.40. The Hall–Kier alpha value is -4.32. The van der Waals surface area contributed by atoms with E-state index < -0.39 is 0 Å². The quantitative estimate of drug-likeness (QED) is 0.200. The van der Waals surface area contributed by atoms with Crippen LogP contribution in [0, 0.1) is 0 Å². The largest absolute Gasteiger partial charge is 0.476 e. The van der Waals surface area contributed by atoms with Gasteiger partial charge in [0.2, 0.25) is 11.8 Å². The van der Waals surface area contributed by atoms with Crippen molar-refractivity contribution in [2.45, 2.75) is 32.0 Å². The molecule has 0 spiro atoms. The molecule has 0 aliphatic carbocycles. The van der Waals surface area contributed by atoms with E-state index in [1.54, 1.807) is 12.4 Å². The van der Waals surface area contributed by atoms with Crippen LogP contribution in [0.15, 0.2) is 77.9 Å². The average molecular weight is 686 g/mol. The van der Waals surface area contributed by atoms with Crippen molar-refractivity contribution in [3.63, 3.8) is 0 Å². The first-order chi connectivity index (χ1) is 23.4. The van der Waals surface area contributed by atoms with E-state index >= 15 is 0 Å². The number of hydrogen-bond acceptors (Lipinski definition) is 8. The maximum absolute atomic E-state index is 13.2. The number of halogens is 2. The highest BCUT2D eigenvalue weighted by atomic mass is 35.5. The van der Waals surface area contributed by atoms with E-state index in [-0.39, 0.29) is 24.1 Å². The molecule has 5 aromatic rings. The van der Waals surface area contributed by atoms with Crippen LogP contribution >= 0.6 is 23.2 Å². The van der Waals surface area contributed by atoms with E-state index in [0.29, 0.717) is 78.6 Å². The zero-order valence-corrected chi connectivity index (χ0v) is 27.6. The van der Waals surface area contributed by atoms with Crippen molar-refractivity contribution in [3.8, 4) is 39.4 Å². The summed E-state index contributed by atoms with van der Waals surface area (Å²) in [6.45, 7) is 3.47. The van der Waals surface area contributed by atoms with Crippen molar-refractivity contribution in [1.82, 2.24) is 29.9 Å². The predicted molar refractivity (Wildman–Crippen MR) is 186 cm³/mol. The normalized spacial score (nSPS) is 16.4. The van der Waals surface area contributed by atoms with Gasteiger partial charge in [0, 0.05) is 91.0 Å². The van der Waals surface area contributed by atoms with Crippen LogP contribution in [0.25, 0.3) is 39.2 Å². The smallest absolute Gasteiger partial charge is 0.262 e.